The molecule has 0 atom stereocenters. The normalized spacial score (nSPS) is 10.9. The van der Waals surface area contributed by atoms with E-state index < -0.39 is 6.61 Å². The lowest BCUT2D eigenvalue weighted by molar-refractivity contribution is -0.0494. The molecule has 1 aromatic heterocycles. The van der Waals surface area contributed by atoms with Gasteiger partial charge >= 0.3 is 6.61 Å². The summed E-state index contributed by atoms with van der Waals surface area (Å²) in [5.41, 5.74) is 2.46. The molecule has 0 saturated heterocycles. The molecule has 0 aliphatic carbocycles. The van der Waals surface area contributed by atoms with E-state index in [-0.39, 0.29) is 5.75 Å². The lowest BCUT2D eigenvalue weighted by Gasteiger charge is -2.08. The van der Waals surface area contributed by atoms with Crippen molar-refractivity contribution in [1.82, 2.24) is 9.78 Å². The largest absolute Gasteiger partial charge is 0.434 e. The summed E-state index contributed by atoms with van der Waals surface area (Å²) in [6, 6.07) is 16.6. The highest BCUT2D eigenvalue weighted by Crippen LogP contribution is 2.30. The van der Waals surface area contributed by atoms with Crippen LogP contribution in [0, 0.1) is 0 Å². The van der Waals surface area contributed by atoms with Crippen LogP contribution in [0.25, 0.3) is 11.1 Å². The maximum absolute atomic E-state index is 12.5. The number of halogens is 2. The zero-order valence-electron chi connectivity index (χ0n) is 11.7. The fourth-order valence-corrected chi connectivity index (χ4v) is 2.26. The molecule has 0 amide bonds. The zero-order chi connectivity index (χ0) is 15.4. The van der Waals surface area contributed by atoms with E-state index >= 15 is 0 Å². The Morgan fingerprint density at radius 2 is 1.73 bits per heavy atom. The van der Waals surface area contributed by atoms with Crippen molar-refractivity contribution >= 4 is 0 Å². The molecule has 112 valence electrons. The van der Waals surface area contributed by atoms with Gasteiger partial charge in [-0.3, -0.25) is 4.68 Å². The van der Waals surface area contributed by atoms with Gasteiger partial charge in [-0.05, 0) is 11.6 Å². The molecular weight excluding hydrogens is 286 g/mol. The van der Waals surface area contributed by atoms with Gasteiger partial charge < -0.3 is 4.74 Å². The van der Waals surface area contributed by atoms with Crippen LogP contribution >= 0.6 is 0 Å². The molecule has 3 aromatic rings. The van der Waals surface area contributed by atoms with Gasteiger partial charge in [0.2, 0.25) is 0 Å². The highest BCUT2D eigenvalue weighted by Gasteiger charge is 2.12. The minimum Gasteiger partial charge on any atom is -0.434 e. The van der Waals surface area contributed by atoms with E-state index in [1.54, 1.807) is 29.1 Å². The fourth-order valence-electron chi connectivity index (χ4n) is 2.26. The third-order valence-corrected chi connectivity index (χ3v) is 3.23. The van der Waals surface area contributed by atoms with Gasteiger partial charge in [0, 0.05) is 17.3 Å². The monoisotopic (exact) mass is 300 g/mol. The lowest BCUT2D eigenvalue weighted by atomic mass is 10.1. The van der Waals surface area contributed by atoms with Crippen molar-refractivity contribution in [3.8, 4) is 16.9 Å². The van der Waals surface area contributed by atoms with Crippen molar-refractivity contribution in [3.05, 3.63) is 72.6 Å². The summed E-state index contributed by atoms with van der Waals surface area (Å²) in [5.74, 6) is 0.150. The molecule has 0 aliphatic rings. The van der Waals surface area contributed by atoms with Crippen LogP contribution in [-0.4, -0.2) is 16.4 Å². The van der Waals surface area contributed by atoms with E-state index in [1.807, 2.05) is 36.5 Å². The van der Waals surface area contributed by atoms with E-state index in [1.165, 1.54) is 6.07 Å². The van der Waals surface area contributed by atoms with Crippen LogP contribution in [0.5, 0.6) is 5.75 Å². The van der Waals surface area contributed by atoms with E-state index in [0.29, 0.717) is 12.1 Å². The Morgan fingerprint density at radius 1 is 1.00 bits per heavy atom. The van der Waals surface area contributed by atoms with Crippen LogP contribution in [0.15, 0.2) is 67.0 Å². The molecule has 0 spiro atoms. The second-order valence-corrected chi connectivity index (χ2v) is 4.79. The predicted molar refractivity (Wildman–Crippen MR) is 79.8 cm³/mol. The molecule has 5 heteroatoms. The van der Waals surface area contributed by atoms with Crippen molar-refractivity contribution in [2.45, 2.75) is 13.2 Å². The summed E-state index contributed by atoms with van der Waals surface area (Å²) in [5, 5.41) is 4.28. The summed E-state index contributed by atoms with van der Waals surface area (Å²) in [4.78, 5) is 0. The van der Waals surface area contributed by atoms with Crippen LogP contribution in [-0.2, 0) is 6.54 Å². The van der Waals surface area contributed by atoms with Gasteiger partial charge in [0.05, 0.1) is 12.7 Å². The maximum atomic E-state index is 12.5. The van der Waals surface area contributed by atoms with Crippen molar-refractivity contribution in [2.24, 2.45) is 0 Å². The lowest BCUT2D eigenvalue weighted by Crippen LogP contribution is -2.02. The molecule has 0 fully saturated rings. The second kappa shape index (κ2) is 6.39. The number of ether oxygens (including phenoxy) is 1. The standard InChI is InChI=1S/C17H14F2N2O/c18-17(19)22-16-9-5-4-8-15(16)14-10-20-21(12-14)11-13-6-2-1-3-7-13/h1-10,12,17H,11H2. The van der Waals surface area contributed by atoms with E-state index in [2.05, 4.69) is 9.84 Å². The van der Waals surface area contributed by atoms with Crippen LogP contribution in [0.3, 0.4) is 0 Å². The Labute approximate surface area is 126 Å². The molecule has 0 bridgehead atoms. The van der Waals surface area contributed by atoms with Crippen molar-refractivity contribution in [3.63, 3.8) is 0 Å². The number of hydrogen-bond acceptors (Lipinski definition) is 2. The number of aromatic nitrogens is 2. The Kier molecular flexibility index (Phi) is 4.14. The third-order valence-electron chi connectivity index (χ3n) is 3.23. The molecular formula is C17H14F2N2O. The Balaban J connectivity index is 1.85. The van der Waals surface area contributed by atoms with Gasteiger partial charge in [0.15, 0.2) is 0 Å². The van der Waals surface area contributed by atoms with Gasteiger partial charge in [-0.25, -0.2) is 0 Å². The van der Waals surface area contributed by atoms with Gasteiger partial charge in [-0.15, -0.1) is 0 Å². The number of para-hydroxylation sites is 1. The summed E-state index contributed by atoms with van der Waals surface area (Å²) >= 11 is 0. The quantitative estimate of drug-likeness (QED) is 0.706. The maximum Gasteiger partial charge on any atom is 0.387 e. The van der Waals surface area contributed by atoms with Crippen molar-refractivity contribution in [2.75, 3.05) is 0 Å². The topological polar surface area (TPSA) is 27.1 Å². The third kappa shape index (κ3) is 3.31. The molecule has 2 aromatic carbocycles. The van der Waals surface area contributed by atoms with Crippen LogP contribution in [0.2, 0.25) is 0 Å². The first-order chi connectivity index (χ1) is 10.7. The zero-order valence-corrected chi connectivity index (χ0v) is 11.7. The fraction of sp³-hybridized carbons (Fsp3) is 0.118. The highest BCUT2D eigenvalue weighted by molar-refractivity contribution is 5.69. The molecule has 0 unspecified atom stereocenters. The molecule has 22 heavy (non-hydrogen) atoms. The van der Waals surface area contributed by atoms with Crippen molar-refractivity contribution in [1.29, 1.82) is 0 Å². The number of benzene rings is 2. The number of alkyl halides is 2. The number of rotatable bonds is 5. The smallest absolute Gasteiger partial charge is 0.387 e. The van der Waals surface area contributed by atoms with Crippen LogP contribution < -0.4 is 4.74 Å². The minimum absolute atomic E-state index is 0.150. The molecule has 3 nitrogen and oxygen atoms in total. The Bertz CT molecular complexity index is 741. The second-order valence-electron chi connectivity index (χ2n) is 4.79. The van der Waals surface area contributed by atoms with E-state index in [0.717, 1.165) is 11.1 Å². The van der Waals surface area contributed by atoms with Gasteiger partial charge in [0.1, 0.15) is 5.75 Å². The van der Waals surface area contributed by atoms with Crippen LogP contribution in [0.1, 0.15) is 5.56 Å². The summed E-state index contributed by atoms with van der Waals surface area (Å²) in [6.07, 6.45) is 3.47. The Hall–Kier alpha value is -2.69. The van der Waals surface area contributed by atoms with Gasteiger partial charge in [-0.1, -0.05) is 48.5 Å². The first-order valence-electron chi connectivity index (χ1n) is 6.83. The molecule has 0 radical (unpaired) electrons. The predicted octanol–water partition coefficient (Wildman–Crippen LogP) is 4.20. The van der Waals surface area contributed by atoms with Gasteiger partial charge in [0.25, 0.3) is 0 Å². The summed E-state index contributed by atoms with van der Waals surface area (Å²) < 4.78 is 31.3. The molecule has 0 N–H and O–H groups in total. The summed E-state index contributed by atoms with van der Waals surface area (Å²) in [7, 11) is 0. The average Bonchev–Trinajstić information content (AvgIpc) is 2.96. The van der Waals surface area contributed by atoms with E-state index in [9.17, 15) is 8.78 Å². The first kappa shape index (κ1) is 14.3. The first-order valence-corrected chi connectivity index (χ1v) is 6.83. The molecule has 0 saturated carbocycles. The van der Waals surface area contributed by atoms with Crippen molar-refractivity contribution < 1.29 is 13.5 Å². The minimum atomic E-state index is -2.85. The average molecular weight is 300 g/mol. The van der Waals surface area contributed by atoms with Gasteiger partial charge in [-0.2, -0.15) is 13.9 Å². The van der Waals surface area contributed by atoms with E-state index in [4.69, 9.17) is 0 Å². The summed E-state index contributed by atoms with van der Waals surface area (Å²) in [6.45, 7) is -2.22. The molecule has 0 aliphatic heterocycles. The molecule has 3 rings (SSSR count). The van der Waals surface area contributed by atoms with Crippen LogP contribution in [0.4, 0.5) is 8.78 Å². The SMILES string of the molecule is FC(F)Oc1ccccc1-c1cnn(Cc2ccccc2)c1. The number of nitrogens with zero attached hydrogens (tertiary/aromatic N) is 2. The Morgan fingerprint density at radius 3 is 2.50 bits per heavy atom. The highest BCUT2D eigenvalue weighted by atomic mass is 19.3. The molecule has 1 heterocycles. The number of hydrogen-bond donors (Lipinski definition) is 0.